The summed E-state index contributed by atoms with van der Waals surface area (Å²) in [6, 6.07) is 8.59. The Hall–Kier alpha value is -2.36. The van der Waals surface area contributed by atoms with Gasteiger partial charge in [-0.15, -0.1) is 23.1 Å². The molecule has 6 heteroatoms. The van der Waals surface area contributed by atoms with Crippen molar-refractivity contribution < 1.29 is 4.79 Å². The lowest BCUT2D eigenvalue weighted by Gasteiger charge is -2.10. The van der Waals surface area contributed by atoms with Crippen molar-refractivity contribution in [2.24, 2.45) is 0 Å². The second-order valence-corrected chi connectivity index (χ2v) is 9.34. The lowest BCUT2D eigenvalue weighted by Crippen LogP contribution is -2.12. The zero-order chi connectivity index (χ0) is 20.4. The van der Waals surface area contributed by atoms with Crippen molar-refractivity contribution in [2.75, 3.05) is 11.1 Å². The minimum Gasteiger partial charge on any atom is -0.317 e. The van der Waals surface area contributed by atoms with E-state index in [0.29, 0.717) is 22.7 Å². The van der Waals surface area contributed by atoms with E-state index >= 15 is 0 Å². The lowest BCUT2D eigenvalue weighted by atomic mass is 10.0. The van der Waals surface area contributed by atoms with E-state index in [4.69, 9.17) is 4.98 Å². The summed E-state index contributed by atoms with van der Waals surface area (Å²) in [4.78, 5) is 18.2. The van der Waals surface area contributed by atoms with E-state index in [9.17, 15) is 10.1 Å². The highest BCUT2D eigenvalue weighted by molar-refractivity contribution is 7.99. The molecule has 0 spiro atoms. The highest BCUT2D eigenvalue weighted by atomic mass is 32.2. The fourth-order valence-electron chi connectivity index (χ4n) is 3.18. The van der Waals surface area contributed by atoms with Crippen molar-refractivity contribution in [1.82, 2.24) is 4.98 Å². The first kappa shape index (κ1) is 20.4. The maximum absolute atomic E-state index is 12.3. The molecular formula is C22H23N3OS2. The molecule has 1 amide bonds. The maximum Gasteiger partial charge on any atom is 0.225 e. The average Bonchev–Trinajstić information content (AvgIpc) is 2.89. The third-order valence-corrected chi connectivity index (χ3v) is 6.80. The first-order valence-electron chi connectivity index (χ1n) is 9.11. The van der Waals surface area contributed by atoms with E-state index in [1.165, 1.54) is 33.4 Å². The van der Waals surface area contributed by atoms with Crippen molar-refractivity contribution >= 4 is 44.9 Å². The number of rotatable bonds is 5. The Morgan fingerprint density at radius 3 is 2.64 bits per heavy atom. The Morgan fingerprint density at radius 1 is 1.18 bits per heavy atom. The Labute approximate surface area is 174 Å². The molecule has 0 saturated carbocycles. The number of nitrogens with zero attached hydrogens (tertiary/aromatic N) is 2. The number of aromatic nitrogens is 1. The highest BCUT2D eigenvalue weighted by Gasteiger charge is 2.15. The minimum absolute atomic E-state index is 0.0745. The molecule has 0 saturated heterocycles. The molecule has 0 radical (unpaired) electrons. The van der Waals surface area contributed by atoms with Gasteiger partial charge in [-0.2, -0.15) is 5.26 Å². The number of pyridine rings is 1. The first-order valence-corrected chi connectivity index (χ1v) is 10.9. The van der Waals surface area contributed by atoms with Crippen LogP contribution in [0.4, 0.5) is 5.00 Å². The quantitative estimate of drug-likeness (QED) is 0.538. The molecule has 1 N–H and O–H groups in total. The van der Waals surface area contributed by atoms with Gasteiger partial charge in [-0.3, -0.25) is 4.79 Å². The monoisotopic (exact) mass is 409 g/mol. The molecule has 2 heterocycles. The van der Waals surface area contributed by atoms with Crippen LogP contribution in [0.5, 0.6) is 0 Å². The summed E-state index contributed by atoms with van der Waals surface area (Å²) in [6.07, 6.45) is 0.372. The zero-order valence-electron chi connectivity index (χ0n) is 16.8. The van der Waals surface area contributed by atoms with Crippen molar-refractivity contribution in [3.63, 3.8) is 0 Å². The molecule has 28 heavy (non-hydrogen) atoms. The third-order valence-electron chi connectivity index (χ3n) is 4.76. The van der Waals surface area contributed by atoms with Crippen LogP contribution in [-0.4, -0.2) is 16.6 Å². The molecule has 2 aromatic heterocycles. The van der Waals surface area contributed by atoms with E-state index in [1.54, 1.807) is 11.8 Å². The lowest BCUT2D eigenvalue weighted by molar-refractivity contribution is -0.115. The topological polar surface area (TPSA) is 65.8 Å². The molecule has 144 valence electrons. The van der Waals surface area contributed by atoms with Gasteiger partial charge in [0.25, 0.3) is 0 Å². The summed E-state index contributed by atoms with van der Waals surface area (Å²) < 4.78 is 0. The van der Waals surface area contributed by atoms with Crippen molar-refractivity contribution in [3.8, 4) is 6.07 Å². The molecule has 1 aromatic carbocycles. The van der Waals surface area contributed by atoms with Gasteiger partial charge in [-0.25, -0.2) is 4.98 Å². The van der Waals surface area contributed by atoms with Gasteiger partial charge in [0.1, 0.15) is 11.1 Å². The molecule has 0 fully saturated rings. The van der Waals surface area contributed by atoms with E-state index < -0.39 is 0 Å². The van der Waals surface area contributed by atoms with Gasteiger partial charge in [0.05, 0.1) is 16.1 Å². The average molecular weight is 410 g/mol. The Kier molecular flexibility index (Phi) is 6.07. The molecule has 4 nitrogen and oxygen atoms in total. The van der Waals surface area contributed by atoms with Gasteiger partial charge in [-0.05, 0) is 63.4 Å². The Bertz CT molecular complexity index is 1110. The van der Waals surface area contributed by atoms with Gasteiger partial charge in [0.2, 0.25) is 5.91 Å². The fraction of sp³-hybridized carbons (Fsp3) is 0.318. The number of hydrogen-bond acceptors (Lipinski definition) is 5. The van der Waals surface area contributed by atoms with Crippen LogP contribution in [0, 0.1) is 45.9 Å². The van der Waals surface area contributed by atoms with Crippen molar-refractivity contribution in [2.45, 2.75) is 46.1 Å². The number of nitriles is 1. The number of thioether (sulfide) groups is 1. The highest BCUT2D eigenvalue weighted by Crippen LogP contribution is 2.32. The number of hydrogen-bond donors (Lipinski definition) is 1. The summed E-state index contributed by atoms with van der Waals surface area (Å²) in [5.41, 5.74) is 6.15. The van der Waals surface area contributed by atoms with Gasteiger partial charge in [0.15, 0.2) is 0 Å². The van der Waals surface area contributed by atoms with Crippen LogP contribution in [0.15, 0.2) is 23.2 Å². The van der Waals surface area contributed by atoms with Crippen LogP contribution >= 0.6 is 23.1 Å². The minimum atomic E-state index is -0.0745. The number of aryl methyl sites for hydroxylation is 4. The van der Waals surface area contributed by atoms with E-state index in [2.05, 4.69) is 50.4 Å². The standard InChI is InChI=1S/C22H23N3OS2/c1-12-8-14(3)21-17(9-12)13(2)10-20(25-21)27-7-6-19(26)24-22-18(11-23)15(4)16(5)28-22/h8-10H,6-7H2,1-5H3,(H,24,26). The SMILES string of the molecule is Cc1cc(C)c2nc(SCCC(=O)Nc3sc(C)c(C)c3C#N)cc(C)c2c1. The molecule has 3 rings (SSSR count). The van der Waals surface area contributed by atoms with Crippen LogP contribution < -0.4 is 5.32 Å². The second kappa shape index (κ2) is 8.34. The molecule has 0 aliphatic carbocycles. The van der Waals surface area contributed by atoms with Crippen molar-refractivity contribution in [3.05, 3.63) is 50.9 Å². The van der Waals surface area contributed by atoms with Gasteiger partial charge in [0, 0.05) is 22.4 Å². The number of anilines is 1. The van der Waals surface area contributed by atoms with Gasteiger partial charge in [-0.1, -0.05) is 11.6 Å². The summed E-state index contributed by atoms with van der Waals surface area (Å²) in [6.45, 7) is 10.2. The zero-order valence-corrected chi connectivity index (χ0v) is 18.4. The smallest absolute Gasteiger partial charge is 0.225 e. The number of amides is 1. The summed E-state index contributed by atoms with van der Waals surface area (Å²) in [5.74, 6) is 0.564. The molecule has 3 aromatic rings. The number of fused-ring (bicyclic) bond motifs is 1. The van der Waals surface area contributed by atoms with Gasteiger partial charge >= 0.3 is 0 Å². The van der Waals surface area contributed by atoms with E-state index in [0.717, 1.165) is 21.0 Å². The van der Waals surface area contributed by atoms with Crippen molar-refractivity contribution in [1.29, 1.82) is 5.26 Å². The molecule has 0 aliphatic rings. The molecule has 0 unspecified atom stereocenters. The third kappa shape index (κ3) is 4.21. The predicted molar refractivity (Wildman–Crippen MR) is 118 cm³/mol. The number of benzene rings is 1. The van der Waals surface area contributed by atoms with Crippen LogP contribution in [0.1, 0.15) is 39.1 Å². The van der Waals surface area contributed by atoms with E-state index in [-0.39, 0.29) is 5.91 Å². The fourth-order valence-corrected chi connectivity index (χ4v) is 5.11. The van der Waals surface area contributed by atoms with Crippen LogP contribution in [0.2, 0.25) is 0 Å². The number of nitrogens with one attached hydrogen (secondary N) is 1. The van der Waals surface area contributed by atoms with Crippen LogP contribution in [0.25, 0.3) is 10.9 Å². The Balaban J connectivity index is 1.66. The predicted octanol–water partition coefficient (Wildman–Crippen LogP) is 5.83. The number of carbonyl (C=O) groups excluding carboxylic acids is 1. The molecule has 0 bridgehead atoms. The molecule has 0 atom stereocenters. The maximum atomic E-state index is 12.3. The summed E-state index contributed by atoms with van der Waals surface area (Å²) >= 11 is 3.04. The normalized spacial score (nSPS) is 10.9. The van der Waals surface area contributed by atoms with Gasteiger partial charge < -0.3 is 5.32 Å². The summed E-state index contributed by atoms with van der Waals surface area (Å²) in [5, 5.41) is 15.0. The Morgan fingerprint density at radius 2 is 1.93 bits per heavy atom. The van der Waals surface area contributed by atoms with Crippen LogP contribution in [-0.2, 0) is 4.79 Å². The van der Waals surface area contributed by atoms with E-state index in [1.807, 2.05) is 13.8 Å². The molecular weight excluding hydrogens is 386 g/mol. The number of thiophene rings is 1. The van der Waals surface area contributed by atoms with Crippen LogP contribution in [0.3, 0.4) is 0 Å². The molecule has 0 aliphatic heterocycles. The summed E-state index contributed by atoms with van der Waals surface area (Å²) in [7, 11) is 0. The first-order chi connectivity index (χ1) is 13.3. The largest absolute Gasteiger partial charge is 0.317 e. The second-order valence-electron chi connectivity index (χ2n) is 7.00. The number of carbonyl (C=O) groups is 1.